The summed E-state index contributed by atoms with van der Waals surface area (Å²) in [6, 6.07) is 15.9. The molecule has 0 radical (unpaired) electrons. The second kappa shape index (κ2) is 8.79. The summed E-state index contributed by atoms with van der Waals surface area (Å²) in [4.78, 5) is 16.1. The van der Waals surface area contributed by atoms with Gasteiger partial charge in [0.2, 0.25) is 5.91 Å². The molecule has 4 rings (SSSR count). The lowest BCUT2D eigenvalue weighted by Crippen LogP contribution is -3.05. The van der Waals surface area contributed by atoms with Crippen LogP contribution in [0.3, 0.4) is 0 Å². The molecule has 6 nitrogen and oxygen atoms in total. The van der Waals surface area contributed by atoms with Crippen LogP contribution in [0.15, 0.2) is 53.7 Å². The maximum atomic E-state index is 12.9. The lowest BCUT2D eigenvalue weighted by Gasteiger charge is -2.19. The number of hydrogen-bond donors (Lipinski definition) is 1. The molecule has 156 valence electrons. The highest BCUT2D eigenvalue weighted by atomic mass is 35.5. The number of fused-ring (bicyclic) bond motifs is 1. The summed E-state index contributed by atoms with van der Waals surface area (Å²) >= 11 is 7.50. The molecule has 0 bridgehead atoms. The topological polar surface area (TPSA) is 55.5 Å². The second-order valence-electron chi connectivity index (χ2n) is 7.66. The van der Waals surface area contributed by atoms with Crippen LogP contribution in [0.2, 0.25) is 5.02 Å². The molecule has 1 aliphatic rings. The van der Waals surface area contributed by atoms with Crippen LogP contribution < -0.4 is 9.80 Å². The summed E-state index contributed by atoms with van der Waals surface area (Å²) in [5, 5.41) is 10.3. The summed E-state index contributed by atoms with van der Waals surface area (Å²) in [5.41, 5.74) is 3.19. The van der Waals surface area contributed by atoms with Crippen molar-refractivity contribution >= 4 is 35.0 Å². The summed E-state index contributed by atoms with van der Waals surface area (Å²) in [5.74, 6) is 1.26. The number of amides is 1. The fourth-order valence-electron chi connectivity index (χ4n) is 3.55. The Morgan fingerprint density at radius 2 is 1.90 bits per heavy atom. The van der Waals surface area contributed by atoms with Crippen molar-refractivity contribution in [3.8, 4) is 5.69 Å². The van der Waals surface area contributed by atoms with Gasteiger partial charge in [0.25, 0.3) is 0 Å². The Bertz CT molecular complexity index is 1050. The third kappa shape index (κ3) is 4.10. The molecule has 1 aliphatic heterocycles. The second-order valence-corrected chi connectivity index (χ2v) is 9.04. The van der Waals surface area contributed by atoms with Crippen LogP contribution in [0, 0.1) is 0 Å². The van der Waals surface area contributed by atoms with E-state index >= 15 is 0 Å². The van der Waals surface area contributed by atoms with Gasteiger partial charge in [0.15, 0.2) is 11.0 Å². The summed E-state index contributed by atoms with van der Waals surface area (Å²) in [7, 11) is 4.18. The van der Waals surface area contributed by atoms with E-state index in [1.807, 2.05) is 51.9 Å². The number of aromatic nitrogens is 3. The van der Waals surface area contributed by atoms with Crippen LogP contribution in [-0.2, 0) is 11.2 Å². The molecule has 0 spiro atoms. The summed E-state index contributed by atoms with van der Waals surface area (Å²) < 4.78 is 2.03. The first kappa shape index (κ1) is 20.9. The zero-order chi connectivity index (χ0) is 21.3. The zero-order valence-corrected chi connectivity index (χ0v) is 18.9. The molecule has 0 saturated heterocycles. The van der Waals surface area contributed by atoms with Crippen LogP contribution in [-0.4, -0.2) is 47.1 Å². The number of halogens is 1. The molecule has 0 unspecified atom stereocenters. The van der Waals surface area contributed by atoms with E-state index < -0.39 is 0 Å². The Hall–Kier alpha value is -2.35. The van der Waals surface area contributed by atoms with E-state index in [2.05, 4.69) is 37.3 Å². The van der Waals surface area contributed by atoms with E-state index in [1.165, 1.54) is 22.2 Å². The Morgan fingerprint density at radius 3 is 2.63 bits per heavy atom. The molecule has 1 aromatic heterocycles. The van der Waals surface area contributed by atoms with Gasteiger partial charge in [-0.05, 0) is 49.2 Å². The number of para-hydroxylation sites is 1. The first-order valence-corrected chi connectivity index (χ1v) is 11.3. The molecule has 3 aromatic rings. The van der Waals surface area contributed by atoms with Crippen LogP contribution in [0.5, 0.6) is 0 Å². The van der Waals surface area contributed by atoms with Gasteiger partial charge < -0.3 is 9.80 Å². The van der Waals surface area contributed by atoms with Crippen LogP contribution >= 0.6 is 23.4 Å². The molecule has 2 heterocycles. The maximum absolute atomic E-state index is 12.9. The number of carbonyl (C=O) groups excluding carboxylic acids is 1. The fraction of sp³-hybridized carbons (Fsp3) is 0.318. The normalized spacial score (nSPS) is 14.2. The molecule has 8 heteroatoms. The molecular formula is C22H25ClN5OS+. The molecule has 30 heavy (non-hydrogen) atoms. The van der Waals surface area contributed by atoms with Crippen molar-refractivity contribution in [1.29, 1.82) is 0 Å². The van der Waals surface area contributed by atoms with Gasteiger partial charge >= 0.3 is 0 Å². The van der Waals surface area contributed by atoms with Crippen molar-refractivity contribution in [3.63, 3.8) is 0 Å². The van der Waals surface area contributed by atoms with E-state index in [0.717, 1.165) is 30.2 Å². The number of quaternary nitrogens is 1. The monoisotopic (exact) mass is 442 g/mol. The minimum atomic E-state index is 0.0865. The smallest absolute Gasteiger partial charge is 0.237 e. The minimum absolute atomic E-state index is 0.0865. The molecule has 0 fully saturated rings. The number of thioether (sulfide) groups is 1. The van der Waals surface area contributed by atoms with Gasteiger partial charge in [0.05, 0.1) is 19.8 Å². The molecular weight excluding hydrogens is 418 g/mol. The predicted octanol–water partition coefficient (Wildman–Crippen LogP) is 2.81. The number of carbonyl (C=O) groups is 1. The molecule has 0 aliphatic carbocycles. The van der Waals surface area contributed by atoms with E-state index in [1.54, 1.807) is 0 Å². The summed E-state index contributed by atoms with van der Waals surface area (Å²) in [6.07, 6.45) is 0.904. The van der Waals surface area contributed by atoms with Crippen molar-refractivity contribution in [2.24, 2.45) is 0 Å². The zero-order valence-electron chi connectivity index (χ0n) is 17.3. The maximum Gasteiger partial charge on any atom is 0.237 e. The molecule has 1 N–H and O–H groups in total. The first-order chi connectivity index (χ1) is 14.5. The molecule has 0 saturated carbocycles. The Labute approximate surface area is 185 Å². The van der Waals surface area contributed by atoms with Gasteiger partial charge in [-0.15, -0.1) is 10.2 Å². The molecule has 2 aromatic carbocycles. The van der Waals surface area contributed by atoms with Crippen molar-refractivity contribution in [3.05, 3.63) is 64.9 Å². The van der Waals surface area contributed by atoms with Gasteiger partial charge in [-0.3, -0.25) is 9.36 Å². The van der Waals surface area contributed by atoms with E-state index in [0.29, 0.717) is 15.9 Å². The third-order valence-electron chi connectivity index (χ3n) is 5.51. The van der Waals surface area contributed by atoms with Crippen molar-refractivity contribution in [1.82, 2.24) is 14.8 Å². The number of anilines is 1. The highest BCUT2D eigenvalue weighted by Gasteiger charge is 2.27. The highest BCUT2D eigenvalue weighted by Crippen LogP contribution is 2.30. The van der Waals surface area contributed by atoms with E-state index in [9.17, 15) is 4.79 Å². The highest BCUT2D eigenvalue weighted by molar-refractivity contribution is 7.99. The lowest BCUT2D eigenvalue weighted by atomic mass is 10.2. The van der Waals surface area contributed by atoms with Crippen molar-refractivity contribution < 1.29 is 9.69 Å². The Kier molecular flexibility index (Phi) is 6.13. The van der Waals surface area contributed by atoms with E-state index in [-0.39, 0.29) is 11.9 Å². The number of benzene rings is 2. The first-order valence-electron chi connectivity index (χ1n) is 9.98. The van der Waals surface area contributed by atoms with Crippen LogP contribution in [0.4, 0.5) is 5.69 Å². The lowest BCUT2D eigenvalue weighted by molar-refractivity contribution is -0.890. The largest absolute Gasteiger partial charge is 0.331 e. The van der Waals surface area contributed by atoms with Crippen LogP contribution in [0.1, 0.15) is 24.4 Å². The number of nitrogens with zero attached hydrogens (tertiary/aromatic N) is 4. The summed E-state index contributed by atoms with van der Waals surface area (Å²) in [6.45, 7) is 2.85. The van der Waals surface area contributed by atoms with Gasteiger partial charge in [-0.1, -0.05) is 41.6 Å². The number of nitrogens with one attached hydrogen (secondary N) is 1. The average Bonchev–Trinajstić information content (AvgIpc) is 3.36. The van der Waals surface area contributed by atoms with Crippen LogP contribution in [0.25, 0.3) is 5.69 Å². The third-order valence-corrected chi connectivity index (χ3v) is 6.68. The standard InChI is InChI=1S/C22H24ClN5OS/c1-15(26(2)3)21-24-25-22(28(21)18-10-8-17(23)9-11-18)30-14-20(29)27-13-12-16-6-4-5-7-19(16)27/h4-11,15H,12-14H2,1-3H3/p+1/t15-/m1/s1. The SMILES string of the molecule is C[C@H](c1nnc(SCC(=O)N2CCc3ccccc32)n1-c1ccc(Cl)cc1)[NH+](C)C. The van der Waals surface area contributed by atoms with Gasteiger partial charge in [0, 0.05) is 22.9 Å². The average molecular weight is 443 g/mol. The van der Waals surface area contributed by atoms with E-state index in [4.69, 9.17) is 11.6 Å². The Balaban J connectivity index is 1.58. The fourth-order valence-corrected chi connectivity index (χ4v) is 4.51. The van der Waals surface area contributed by atoms with Gasteiger partial charge in [0.1, 0.15) is 6.04 Å². The molecule has 1 amide bonds. The van der Waals surface area contributed by atoms with Crippen molar-refractivity contribution in [2.75, 3.05) is 31.3 Å². The quantitative estimate of drug-likeness (QED) is 0.596. The number of hydrogen-bond acceptors (Lipinski definition) is 4. The molecule has 1 atom stereocenters. The predicted molar refractivity (Wildman–Crippen MR) is 121 cm³/mol. The minimum Gasteiger partial charge on any atom is -0.331 e. The van der Waals surface area contributed by atoms with Gasteiger partial charge in [-0.25, -0.2) is 0 Å². The van der Waals surface area contributed by atoms with Gasteiger partial charge in [-0.2, -0.15) is 0 Å². The van der Waals surface area contributed by atoms with Crippen molar-refractivity contribution in [2.45, 2.75) is 24.5 Å². The number of rotatable bonds is 6. The Morgan fingerprint density at radius 1 is 1.17 bits per heavy atom.